The van der Waals surface area contributed by atoms with Gasteiger partial charge in [-0.25, -0.2) is 8.42 Å². The first-order chi connectivity index (χ1) is 12.7. The summed E-state index contributed by atoms with van der Waals surface area (Å²) in [5.74, 6) is 1.70. The highest BCUT2D eigenvalue weighted by Crippen LogP contribution is 2.66. The van der Waals surface area contributed by atoms with Gasteiger partial charge in [0.25, 0.3) is 10.0 Å². The Morgan fingerprint density at radius 2 is 1.85 bits per heavy atom. The molecular weight excluding hydrogens is 386 g/mol. The van der Waals surface area contributed by atoms with Gasteiger partial charge in [-0.2, -0.15) is 0 Å². The summed E-state index contributed by atoms with van der Waals surface area (Å²) < 4.78 is 28.7. The summed E-state index contributed by atoms with van der Waals surface area (Å²) in [5, 5.41) is 9.45. The molecule has 0 aliphatic heterocycles. The molecule has 27 heavy (non-hydrogen) atoms. The zero-order valence-corrected chi connectivity index (χ0v) is 17.1. The van der Waals surface area contributed by atoms with Crippen LogP contribution in [-0.4, -0.2) is 20.7 Å². The molecule has 0 aromatic heterocycles. The maximum atomic E-state index is 11.7. The predicted molar refractivity (Wildman–Crippen MR) is 105 cm³/mol. The van der Waals surface area contributed by atoms with Gasteiger partial charge >= 0.3 is 0 Å². The quantitative estimate of drug-likeness (QED) is 0.665. The van der Waals surface area contributed by atoms with E-state index in [4.69, 9.17) is 21.5 Å². The van der Waals surface area contributed by atoms with E-state index in [1.54, 1.807) is 7.11 Å². The molecule has 0 radical (unpaired) electrons. The Kier molecular flexibility index (Phi) is 5.54. The Balaban J connectivity index is 1.73. The number of hydrogen-bond donors (Lipinski definition) is 2. The van der Waals surface area contributed by atoms with E-state index in [9.17, 15) is 8.42 Å². The van der Waals surface area contributed by atoms with Gasteiger partial charge < -0.3 is 9.94 Å². The first kappa shape index (κ1) is 20.1. The lowest BCUT2D eigenvalue weighted by Crippen LogP contribution is -2.19. The highest BCUT2D eigenvalue weighted by atomic mass is 35.5. The van der Waals surface area contributed by atoms with Gasteiger partial charge in [0, 0.05) is 5.02 Å². The van der Waals surface area contributed by atoms with Crippen LogP contribution in [-0.2, 0) is 16.4 Å². The number of sulfonamides is 1. The molecule has 0 unspecified atom stereocenters. The maximum absolute atomic E-state index is 11.7. The SMILES string of the molecule is COc1ccc(Cl)cc1CC[C@@H]1[C@@H](c2ccc(S(=O)(=O)NO)cc2)C1(C)C. The minimum Gasteiger partial charge on any atom is -0.496 e. The summed E-state index contributed by atoms with van der Waals surface area (Å²) in [5.41, 5.74) is 2.35. The van der Waals surface area contributed by atoms with Crippen LogP contribution in [0.15, 0.2) is 47.4 Å². The van der Waals surface area contributed by atoms with Gasteiger partial charge in [-0.1, -0.05) is 42.5 Å². The Labute approximate surface area is 165 Å². The van der Waals surface area contributed by atoms with Crippen molar-refractivity contribution in [1.82, 2.24) is 4.89 Å². The monoisotopic (exact) mass is 409 g/mol. The van der Waals surface area contributed by atoms with E-state index in [-0.39, 0.29) is 10.3 Å². The molecule has 1 aliphatic carbocycles. The van der Waals surface area contributed by atoms with E-state index in [2.05, 4.69) is 13.8 Å². The molecule has 0 amide bonds. The lowest BCUT2D eigenvalue weighted by molar-refractivity contribution is 0.242. The van der Waals surface area contributed by atoms with Crippen LogP contribution in [0.1, 0.15) is 37.3 Å². The fraction of sp³-hybridized carbons (Fsp3) is 0.400. The lowest BCUT2D eigenvalue weighted by atomic mass is 10.0. The van der Waals surface area contributed by atoms with E-state index in [1.807, 2.05) is 30.3 Å². The second-order valence-corrected chi connectivity index (χ2v) is 9.66. The number of rotatable bonds is 7. The van der Waals surface area contributed by atoms with Crippen molar-refractivity contribution >= 4 is 21.6 Å². The molecule has 0 spiro atoms. The molecule has 0 bridgehead atoms. The third-order valence-corrected chi connectivity index (χ3v) is 7.06. The second-order valence-electron chi connectivity index (χ2n) is 7.56. The standard InChI is InChI=1S/C20H24ClNO4S/c1-20(2)17(10-6-14-12-15(21)7-11-18(14)26-3)19(20)13-4-8-16(9-5-13)27(24,25)22-23/h4-5,7-9,11-12,17,19,22-23H,6,10H2,1-3H3/t17-,19-/m1/s1. The Hall–Kier alpha value is -1.60. The minimum atomic E-state index is -3.84. The van der Waals surface area contributed by atoms with Crippen LogP contribution in [0.3, 0.4) is 0 Å². The van der Waals surface area contributed by atoms with E-state index in [1.165, 1.54) is 17.0 Å². The molecule has 0 saturated heterocycles. The van der Waals surface area contributed by atoms with Crippen molar-refractivity contribution < 1.29 is 18.4 Å². The number of aryl methyl sites for hydroxylation is 1. The van der Waals surface area contributed by atoms with Crippen molar-refractivity contribution in [2.75, 3.05) is 7.11 Å². The fourth-order valence-corrected chi connectivity index (χ4v) is 4.90. The topological polar surface area (TPSA) is 75.6 Å². The van der Waals surface area contributed by atoms with Crippen molar-refractivity contribution in [2.24, 2.45) is 11.3 Å². The molecule has 1 saturated carbocycles. The molecular formula is C20H24ClNO4S. The van der Waals surface area contributed by atoms with Gasteiger partial charge in [-0.05, 0) is 71.6 Å². The van der Waals surface area contributed by atoms with E-state index in [0.29, 0.717) is 16.9 Å². The Morgan fingerprint density at radius 3 is 2.44 bits per heavy atom. The van der Waals surface area contributed by atoms with Crippen molar-refractivity contribution in [3.05, 3.63) is 58.6 Å². The molecule has 7 heteroatoms. The molecule has 2 aromatic carbocycles. The average Bonchev–Trinajstić information content (AvgIpc) is 3.20. The van der Waals surface area contributed by atoms with Crippen molar-refractivity contribution in [3.8, 4) is 5.75 Å². The summed E-state index contributed by atoms with van der Waals surface area (Å²) in [7, 11) is -2.18. The fourth-order valence-electron chi connectivity index (χ4n) is 4.11. The van der Waals surface area contributed by atoms with Crippen LogP contribution >= 0.6 is 11.6 Å². The van der Waals surface area contributed by atoms with Gasteiger partial charge in [-0.3, -0.25) is 0 Å². The predicted octanol–water partition coefficient (Wildman–Crippen LogP) is 4.39. The number of methoxy groups -OCH3 is 1. The normalized spacial score (nSPS) is 21.1. The second kappa shape index (κ2) is 7.43. The van der Waals surface area contributed by atoms with Crippen LogP contribution in [0.2, 0.25) is 5.02 Å². The average molecular weight is 410 g/mol. The third kappa shape index (κ3) is 3.99. The van der Waals surface area contributed by atoms with Crippen LogP contribution in [0.5, 0.6) is 5.75 Å². The first-order valence-corrected chi connectivity index (χ1v) is 10.6. The number of halogens is 1. The third-order valence-electron chi connectivity index (χ3n) is 5.69. The molecule has 2 aromatic rings. The molecule has 1 aliphatic rings. The number of ether oxygens (including phenoxy) is 1. The lowest BCUT2D eigenvalue weighted by Gasteiger charge is -2.09. The summed E-state index contributed by atoms with van der Waals surface area (Å²) >= 11 is 6.12. The van der Waals surface area contributed by atoms with Gasteiger partial charge in [0.15, 0.2) is 0 Å². The maximum Gasteiger partial charge on any atom is 0.262 e. The zero-order chi connectivity index (χ0) is 19.8. The van der Waals surface area contributed by atoms with Crippen molar-refractivity contribution in [2.45, 2.75) is 37.5 Å². The van der Waals surface area contributed by atoms with Gasteiger partial charge in [0.2, 0.25) is 0 Å². The van der Waals surface area contributed by atoms with Crippen molar-refractivity contribution in [1.29, 1.82) is 0 Å². The Morgan fingerprint density at radius 1 is 1.19 bits per heavy atom. The van der Waals surface area contributed by atoms with Crippen LogP contribution < -0.4 is 9.62 Å². The summed E-state index contributed by atoms with van der Waals surface area (Å²) in [6.07, 6.45) is 1.86. The number of benzene rings is 2. The van der Waals surface area contributed by atoms with E-state index >= 15 is 0 Å². The largest absolute Gasteiger partial charge is 0.496 e. The smallest absolute Gasteiger partial charge is 0.262 e. The Bertz CT molecular complexity index is 925. The van der Waals surface area contributed by atoms with Gasteiger partial charge in [0.1, 0.15) is 5.75 Å². The molecule has 2 N–H and O–H groups in total. The molecule has 146 valence electrons. The summed E-state index contributed by atoms with van der Waals surface area (Å²) in [4.78, 5) is 1.40. The molecule has 0 heterocycles. The summed E-state index contributed by atoms with van der Waals surface area (Å²) in [6, 6.07) is 12.4. The number of hydrogen-bond acceptors (Lipinski definition) is 4. The van der Waals surface area contributed by atoms with Gasteiger partial charge in [-0.15, -0.1) is 0 Å². The van der Waals surface area contributed by atoms with Gasteiger partial charge in [0.05, 0.1) is 12.0 Å². The minimum absolute atomic E-state index is 0.0485. The van der Waals surface area contributed by atoms with E-state index in [0.717, 1.165) is 29.7 Å². The molecule has 3 rings (SSSR count). The van der Waals surface area contributed by atoms with Crippen LogP contribution in [0.25, 0.3) is 0 Å². The van der Waals surface area contributed by atoms with Crippen LogP contribution in [0.4, 0.5) is 0 Å². The van der Waals surface area contributed by atoms with Crippen molar-refractivity contribution in [3.63, 3.8) is 0 Å². The molecule has 1 fully saturated rings. The number of nitrogens with one attached hydrogen (secondary N) is 1. The van der Waals surface area contributed by atoms with Crippen LogP contribution in [0, 0.1) is 11.3 Å². The first-order valence-electron chi connectivity index (χ1n) is 8.79. The molecule has 5 nitrogen and oxygen atoms in total. The highest BCUT2D eigenvalue weighted by molar-refractivity contribution is 7.89. The molecule has 2 atom stereocenters. The highest BCUT2D eigenvalue weighted by Gasteiger charge is 2.57. The summed E-state index contributed by atoms with van der Waals surface area (Å²) in [6.45, 7) is 4.47. The van der Waals surface area contributed by atoms with E-state index < -0.39 is 10.0 Å². The zero-order valence-electron chi connectivity index (χ0n) is 15.6.